The summed E-state index contributed by atoms with van der Waals surface area (Å²) in [6.07, 6.45) is 5.83. The Kier molecular flexibility index (Phi) is 11.9. The summed E-state index contributed by atoms with van der Waals surface area (Å²) in [5, 5.41) is 11.5. The third-order valence-corrected chi connectivity index (χ3v) is 1.48. The molecule has 0 bridgehead atoms. The van der Waals surface area contributed by atoms with E-state index in [1.54, 1.807) is 0 Å². The summed E-state index contributed by atoms with van der Waals surface area (Å²) in [6.45, 7) is 3.84. The predicted molar refractivity (Wildman–Crippen MR) is 55.0 cm³/mol. The van der Waals surface area contributed by atoms with Gasteiger partial charge in [-0.3, -0.25) is 0 Å². The normalized spacial score (nSPS) is 10.0. The zero-order chi connectivity index (χ0) is 10.5. The maximum atomic E-state index is 8.40. The molecule has 82 valence electrons. The molecule has 0 rings (SSSR count). The first-order valence-electron chi connectivity index (χ1n) is 4.82. The lowest BCUT2D eigenvalue weighted by atomic mass is 10.4. The van der Waals surface area contributed by atoms with Crippen molar-refractivity contribution in [1.82, 2.24) is 5.32 Å². The fourth-order valence-electron chi connectivity index (χ4n) is 0.816. The molecule has 14 heavy (non-hydrogen) atoms. The Bertz CT molecular complexity index is 145. The van der Waals surface area contributed by atoms with Crippen LogP contribution in [0.5, 0.6) is 0 Å². The summed E-state index contributed by atoms with van der Waals surface area (Å²) in [7, 11) is 0. The van der Waals surface area contributed by atoms with Crippen molar-refractivity contribution in [3.63, 3.8) is 0 Å². The second kappa shape index (κ2) is 12.4. The lowest BCUT2D eigenvalue weighted by molar-refractivity contribution is 0.0341. The van der Waals surface area contributed by atoms with Crippen molar-refractivity contribution in [2.45, 2.75) is 6.42 Å². The Labute approximate surface area is 85.6 Å². The van der Waals surface area contributed by atoms with Crippen LogP contribution in [0.2, 0.25) is 0 Å². The molecule has 0 radical (unpaired) electrons. The van der Waals surface area contributed by atoms with Crippen molar-refractivity contribution in [1.29, 1.82) is 0 Å². The van der Waals surface area contributed by atoms with E-state index in [1.807, 2.05) is 0 Å². The number of aliphatic hydroxyl groups is 1. The standard InChI is InChI=1S/C10H19NO3/c1-2-3-4-11-5-7-13-9-10-14-8-6-12/h1,11-12H,3-10H2. The van der Waals surface area contributed by atoms with E-state index in [-0.39, 0.29) is 6.61 Å². The van der Waals surface area contributed by atoms with E-state index in [2.05, 4.69) is 11.2 Å². The Morgan fingerprint density at radius 1 is 1.07 bits per heavy atom. The van der Waals surface area contributed by atoms with Crippen LogP contribution in [0.25, 0.3) is 0 Å². The van der Waals surface area contributed by atoms with Gasteiger partial charge in [0.05, 0.1) is 33.0 Å². The summed E-state index contributed by atoms with van der Waals surface area (Å²) in [6, 6.07) is 0. The molecule has 0 aromatic rings. The zero-order valence-corrected chi connectivity index (χ0v) is 8.50. The van der Waals surface area contributed by atoms with E-state index >= 15 is 0 Å². The molecule has 0 atom stereocenters. The van der Waals surface area contributed by atoms with Crippen molar-refractivity contribution in [2.75, 3.05) is 46.1 Å². The minimum Gasteiger partial charge on any atom is -0.394 e. The van der Waals surface area contributed by atoms with E-state index < -0.39 is 0 Å². The topological polar surface area (TPSA) is 50.7 Å². The van der Waals surface area contributed by atoms with Gasteiger partial charge in [0.15, 0.2) is 0 Å². The number of rotatable bonds is 10. The zero-order valence-electron chi connectivity index (χ0n) is 8.50. The average Bonchev–Trinajstić information content (AvgIpc) is 2.21. The van der Waals surface area contributed by atoms with E-state index in [0.717, 1.165) is 19.5 Å². The maximum absolute atomic E-state index is 8.40. The van der Waals surface area contributed by atoms with Gasteiger partial charge >= 0.3 is 0 Å². The number of ether oxygens (including phenoxy) is 2. The average molecular weight is 201 g/mol. The van der Waals surface area contributed by atoms with Crippen molar-refractivity contribution in [3.8, 4) is 12.3 Å². The van der Waals surface area contributed by atoms with E-state index in [9.17, 15) is 0 Å². The second-order valence-corrected chi connectivity index (χ2v) is 2.65. The van der Waals surface area contributed by atoms with Gasteiger partial charge in [-0.1, -0.05) is 0 Å². The Hall–Kier alpha value is -0.600. The quantitative estimate of drug-likeness (QED) is 0.374. The van der Waals surface area contributed by atoms with Gasteiger partial charge in [0.25, 0.3) is 0 Å². The Balaban J connectivity index is 2.82. The van der Waals surface area contributed by atoms with Crippen molar-refractivity contribution >= 4 is 0 Å². The molecule has 0 saturated carbocycles. The highest BCUT2D eigenvalue weighted by molar-refractivity contribution is 4.83. The van der Waals surface area contributed by atoms with Gasteiger partial charge in [0.1, 0.15) is 0 Å². The van der Waals surface area contributed by atoms with Gasteiger partial charge in [-0.2, -0.15) is 0 Å². The molecule has 0 saturated heterocycles. The first-order valence-corrected chi connectivity index (χ1v) is 4.82. The van der Waals surface area contributed by atoms with Gasteiger partial charge in [0, 0.05) is 19.5 Å². The minimum atomic E-state index is 0.0631. The van der Waals surface area contributed by atoms with Crippen LogP contribution in [0.3, 0.4) is 0 Å². The largest absolute Gasteiger partial charge is 0.394 e. The van der Waals surface area contributed by atoms with Gasteiger partial charge in [-0.15, -0.1) is 12.3 Å². The molecule has 0 spiro atoms. The predicted octanol–water partition coefficient (Wildman–Crippen LogP) is -0.375. The van der Waals surface area contributed by atoms with E-state index in [0.29, 0.717) is 26.4 Å². The van der Waals surface area contributed by atoms with Crippen LogP contribution in [-0.4, -0.2) is 51.2 Å². The summed E-state index contributed by atoms with van der Waals surface area (Å²) in [5.41, 5.74) is 0. The minimum absolute atomic E-state index is 0.0631. The van der Waals surface area contributed by atoms with Crippen LogP contribution in [-0.2, 0) is 9.47 Å². The van der Waals surface area contributed by atoms with Gasteiger partial charge in [-0.05, 0) is 0 Å². The van der Waals surface area contributed by atoms with E-state index in [4.69, 9.17) is 21.0 Å². The van der Waals surface area contributed by atoms with Gasteiger partial charge in [0.2, 0.25) is 0 Å². The van der Waals surface area contributed by atoms with Gasteiger partial charge in [-0.25, -0.2) is 0 Å². The number of aliphatic hydroxyl groups excluding tert-OH is 1. The number of hydrogen-bond donors (Lipinski definition) is 2. The molecule has 0 unspecified atom stereocenters. The number of terminal acetylenes is 1. The lowest BCUT2D eigenvalue weighted by Gasteiger charge is -2.05. The van der Waals surface area contributed by atoms with Crippen LogP contribution in [0.4, 0.5) is 0 Å². The van der Waals surface area contributed by atoms with Crippen molar-refractivity contribution < 1.29 is 14.6 Å². The molecule has 0 aromatic heterocycles. The van der Waals surface area contributed by atoms with Crippen molar-refractivity contribution in [3.05, 3.63) is 0 Å². The highest BCUT2D eigenvalue weighted by Gasteiger charge is 1.89. The number of hydrogen-bond acceptors (Lipinski definition) is 4. The third kappa shape index (κ3) is 11.4. The van der Waals surface area contributed by atoms with Crippen LogP contribution >= 0.6 is 0 Å². The molecule has 0 amide bonds. The first-order chi connectivity index (χ1) is 6.91. The molecular weight excluding hydrogens is 182 g/mol. The molecule has 0 fully saturated rings. The van der Waals surface area contributed by atoms with Gasteiger partial charge < -0.3 is 19.9 Å². The lowest BCUT2D eigenvalue weighted by Crippen LogP contribution is -2.21. The summed E-state index contributed by atoms with van der Waals surface area (Å²) in [5.74, 6) is 2.55. The molecular formula is C10H19NO3. The molecule has 0 aliphatic heterocycles. The van der Waals surface area contributed by atoms with Crippen LogP contribution in [0, 0.1) is 12.3 Å². The second-order valence-electron chi connectivity index (χ2n) is 2.65. The summed E-state index contributed by atoms with van der Waals surface area (Å²) in [4.78, 5) is 0. The van der Waals surface area contributed by atoms with Crippen LogP contribution < -0.4 is 5.32 Å². The van der Waals surface area contributed by atoms with Crippen LogP contribution in [0.1, 0.15) is 6.42 Å². The monoisotopic (exact) mass is 201 g/mol. The molecule has 4 heteroatoms. The Morgan fingerprint density at radius 2 is 1.79 bits per heavy atom. The smallest absolute Gasteiger partial charge is 0.0701 e. The SMILES string of the molecule is C#CCCNCCOCCOCCO. The summed E-state index contributed by atoms with van der Waals surface area (Å²) < 4.78 is 10.2. The first kappa shape index (κ1) is 13.4. The molecule has 0 aromatic carbocycles. The fraction of sp³-hybridized carbons (Fsp3) is 0.800. The van der Waals surface area contributed by atoms with E-state index in [1.165, 1.54) is 0 Å². The number of nitrogens with one attached hydrogen (secondary N) is 1. The molecule has 4 nitrogen and oxygen atoms in total. The highest BCUT2D eigenvalue weighted by atomic mass is 16.5. The maximum Gasteiger partial charge on any atom is 0.0701 e. The van der Waals surface area contributed by atoms with Crippen LogP contribution in [0.15, 0.2) is 0 Å². The molecule has 0 aliphatic rings. The Morgan fingerprint density at radius 3 is 2.43 bits per heavy atom. The molecule has 0 heterocycles. The third-order valence-electron chi connectivity index (χ3n) is 1.48. The highest BCUT2D eigenvalue weighted by Crippen LogP contribution is 1.78. The molecule has 2 N–H and O–H groups in total. The summed E-state index contributed by atoms with van der Waals surface area (Å²) >= 11 is 0. The molecule has 0 aliphatic carbocycles. The fourth-order valence-corrected chi connectivity index (χ4v) is 0.816. The van der Waals surface area contributed by atoms with Crippen molar-refractivity contribution in [2.24, 2.45) is 0 Å².